The van der Waals surface area contributed by atoms with Gasteiger partial charge in [0.15, 0.2) is 11.6 Å². The molecule has 0 aromatic carbocycles. The molecule has 0 aromatic heterocycles. The number of hydrogen-bond donors (Lipinski definition) is 0. The van der Waals surface area contributed by atoms with Crippen LogP contribution < -0.4 is 0 Å². The molecule has 0 aliphatic heterocycles. The topological polar surface area (TPSA) is 130 Å². The Bertz CT molecular complexity index is 1100. The van der Waals surface area contributed by atoms with Crippen LogP contribution in [0.15, 0.2) is 25.3 Å². The van der Waals surface area contributed by atoms with Crippen molar-refractivity contribution < 1.29 is 43.0 Å². The van der Waals surface area contributed by atoms with E-state index in [2.05, 4.69) is 13.2 Å². The number of unbranched alkanes of at least 4 members (excludes halogenated alkanes) is 2. The Kier molecular flexibility index (Phi) is 17.1. The second-order valence-electron chi connectivity index (χ2n) is 15.8. The van der Waals surface area contributed by atoms with E-state index in [4.69, 9.17) is 14.2 Å². The lowest BCUT2D eigenvalue weighted by Crippen LogP contribution is -2.34. The summed E-state index contributed by atoms with van der Waals surface area (Å²) in [6, 6.07) is 0. The summed E-state index contributed by atoms with van der Waals surface area (Å²) < 4.78 is 16.4. The number of hydrogen-bond acceptors (Lipinski definition) is 9. The van der Waals surface area contributed by atoms with Crippen LogP contribution in [0, 0.1) is 47.3 Å². The van der Waals surface area contributed by atoms with Gasteiger partial charge >= 0.3 is 23.9 Å². The monoisotopic (exact) mass is 710 g/mol. The smallest absolute Gasteiger partial charge is 0.316 e. The molecule has 4 rings (SSSR count). The summed E-state index contributed by atoms with van der Waals surface area (Å²) in [5.74, 6) is 0.824. The second kappa shape index (κ2) is 21.4. The lowest BCUT2D eigenvalue weighted by molar-refractivity contribution is -0.167. The van der Waals surface area contributed by atoms with Gasteiger partial charge in [0.1, 0.15) is 0 Å². The van der Waals surface area contributed by atoms with Crippen molar-refractivity contribution in [2.45, 2.75) is 141 Å². The van der Waals surface area contributed by atoms with Gasteiger partial charge in [-0.15, -0.1) is 0 Å². The highest BCUT2D eigenvalue weighted by Gasteiger charge is 2.38. The lowest BCUT2D eigenvalue weighted by Gasteiger charge is -2.37. The molecule has 9 heteroatoms. The zero-order valence-corrected chi connectivity index (χ0v) is 30.8. The number of rotatable bonds is 18. The Morgan fingerprint density at radius 1 is 0.412 bits per heavy atom. The minimum absolute atomic E-state index is 0.0192. The second-order valence-corrected chi connectivity index (χ2v) is 15.8. The van der Waals surface area contributed by atoms with Crippen LogP contribution in [0.2, 0.25) is 0 Å². The maximum absolute atomic E-state index is 13.0. The molecule has 4 aliphatic carbocycles. The molecule has 0 atom stereocenters. The summed E-state index contributed by atoms with van der Waals surface area (Å²) in [5, 5.41) is 0. The number of carbonyl (C=O) groups excluding carboxylic acids is 6. The van der Waals surface area contributed by atoms with Crippen LogP contribution in [-0.2, 0) is 43.0 Å². The van der Waals surface area contributed by atoms with Gasteiger partial charge in [-0.05, 0) is 164 Å². The van der Waals surface area contributed by atoms with Gasteiger partial charge in [-0.1, -0.05) is 13.2 Å². The average molecular weight is 711 g/mol. The predicted octanol–water partition coefficient (Wildman–Crippen LogP) is 8.22. The van der Waals surface area contributed by atoms with Crippen LogP contribution in [0.4, 0.5) is 0 Å². The summed E-state index contributed by atoms with van der Waals surface area (Å²) >= 11 is 0. The van der Waals surface area contributed by atoms with E-state index in [1.54, 1.807) is 0 Å². The van der Waals surface area contributed by atoms with E-state index in [0.29, 0.717) is 75.4 Å². The van der Waals surface area contributed by atoms with Gasteiger partial charge in [-0.2, -0.15) is 0 Å². The van der Waals surface area contributed by atoms with Gasteiger partial charge in [0.25, 0.3) is 0 Å². The average Bonchev–Trinajstić information content (AvgIpc) is 3.17. The zero-order valence-electron chi connectivity index (χ0n) is 30.8. The third kappa shape index (κ3) is 13.1. The first-order valence-corrected chi connectivity index (χ1v) is 20.1. The Balaban J connectivity index is 1.05. The van der Waals surface area contributed by atoms with Gasteiger partial charge < -0.3 is 14.2 Å². The molecule has 0 amide bonds. The van der Waals surface area contributed by atoms with E-state index < -0.39 is 0 Å². The van der Waals surface area contributed by atoms with Crippen LogP contribution in [0.3, 0.4) is 0 Å². The van der Waals surface area contributed by atoms with Gasteiger partial charge in [-0.25, -0.2) is 0 Å². The molecule has 51 heavy (non-hydrogen) atoms. The number of allylic oxidation sites excluding steroid dienone is 2. The quantitative estimate of drug-likeness (QED) is 0.0454. The first kappa shape index (κ1) is 40.7. The summed E-state index contributed by atoms with van der Waals surface area (Å²) in [4.78, 5) is 73.7. The highest BCUT2D eigenvalue weighted by atomic mass is 16.6. The first-order chi connectivity index (χ1) is 24.7. The number of ketones is 2. The van der Waals surface area contributed by atoms with Crippen LogP contribution in [0.1, 0.15) is 141 Å². The molecule has 4 aliphatic rings. The Hall–Kier alpha value is -3.10. The van der Waals surface area contributed by atoms with E-state index in [9.17, 15) is 28.8 Å². The number of ether oxygens (including phenoxy) is 3. The molecular formula is C42H62O9. The van der Waals surface area contributed by atoms with Crippen LogP contribution >= 0.6 is 0 Å². The van der Waals surface area contributed by atoms with E-state index >= 15 is 0 Å². The van der Waals surface area contributed by atoms with Gasteiger partial charge in [0.2, 0.25) is 0 Å². The third-order valence-corrected chi connectivity index (χ3v) is 12.5. The number of carbonyl (C=O) groups is 6. The fourth-order valence-corrected chi connectivity index (χ4v) is 9.16. The standard InChI is InChI=1S/C42H62O9/c1-3-37(43)9-5-7-27-49-39(45)33-19-11-29(12-20-33)31-15-23-35(24-16-31)41(47)51-42(48)36-25-17-32(18-26-36)30-13-21-34(22-14-30)40(46)50-28-8-6-10-38(44)4-2/h3-4,29-36H,1-2,5-28H2. The highest BCUT2D eigenvalue weighted by Crippen LogP contribution is 2.44. The minimum Gasteiger partial charge on any atom is -0.465 e. The summed E-state index contributed by atoms with van der Waals surface area (Å²) in [5.41, 5.74) is 0. The highest BCUT2D eigenvalue weighted by molar-refractivity contribution is 5.89. The SMILES string of the molecule is C=CC(=O)CCCCOC(=O)C1CCC(C2CCC(C(=O)OC(=O)C3CCC(C4CCC(C(=O)OCCCCC(=O)C=C)CC4)CC3)CC2)CC1. The summed E-state index contributed by atoms with van der Waals surface area (Å²) in [6.07, 6.45) is 20.6. The van der Waals surface area contributed by atoms with Crippen molar-refractivity contribution in [3.63, 3.8) is 0 Å². The van der Waals surface area contributed by atoms with E-state index in [-0.39, 0.29) is 59.1 Å². The Labute approximate surface area is 305 Å². The molecule has 0 spiro atoms. The fraction of sp³-hybridized carbons (Fsp3) is 0.762. The first-order valence-electron chi connectivity index (χ1n) is 20.1. The van der Waals surface area contributed by atoms with Crippen molar-refractivity contribution in [3.8, 4) is 0 Å². The predicted molar refractivity (Wildman–Crippen MR) is 193 cm³/mol. The maximum atomic E-state index is 13.0. The van der Waals surface area contributed by atoms with Crippen molar-refractivity contribution in [2.24, 2.45) is 47.3 Å². The molecular weight excluding hydrogens is 648 g/mol. The molecule has 0 N–H and O–H groups in total. The van der Waals surface area contributed by atoms with Crippen molar-refractivity contribution in [3.05, 3.63) is 25.3 Å². The largest absolute Gasteiger partial charge is 0.465 e. The van der Waals surface area contributed by atoms with Crippen molar-refractivity contribution >= 4 is 35.4 Å². The Morgan fingerprint density at radius 2 is 0.686 bits per heavy atom. The fourth-order valence-electron chi connectivity index (χ4n) is 9.16. The normalized spacial score (nSPS) is 29.6. The van der Waals surface area contributed by atoms with Crippen molar-refractivity contribution in [1.82, 2.24) is 0 Å². The lowest BCUT2D eigenvalue weighted by atomic mass is 9.69. The molecule has 0 unspecified atom stereocenters. The van der Waals surface area contributed by atoms with E-state index in [0.717, 1.165) is 103 Å². The molecule has 0 radical (unpaired) electrons. The molecule has 0 bridgehead atoms. The Morgan fingerprint density at radius 3 is 0.961 bits per heavy atom. The zero-order chi connectivity index (χ0) is 36.6. The summed E-state index contributed by atoms with van der Waals surface area (Å²) in [6.45, 7) is 7.67. The van der Waals surface area contributed by atoms with Gasteiger partial charge in [0.05, 0.1) is 36.9 Å². The minimum atomic E-state index is -0.351. The molecule has 0 aromatic rings. The van der Waals surface area contributed by atoms with Crippen LogP contribution in [-0.4, -0.2) is 48.7 Å². The molecule has 4 saturated carbocycles. The van der Waals surface area contributed by atoms with Gasteiger partial charge in [0, 0.05) is 12.8 Å². The maximum Gasteiger partial charge on any atom is 0.316 e. The molecule has 0 saturated heterocycles. The molecule has 9 nitrogen and oxygen atoms in total. The van der Waals surface area contributed by atoms with Gasteiger partial charge in [-0.3, -0.25) is 28.8 Å². The molecule has 4 fully saturated rings. The molecule has 0 heterocycles. The van der Waals surface area contributed by atoms with Crippen LogP contribution in [0.25, 0.3) is 0 Å². The summed E-state index contributed by atoms with van der Waals surface area (Å²) in [7, 11) is 0. The third-order valence-electron chi connectivity index (χ3n) is 12.5. The van der Waals surface area contributed by atoms with E-state index in [1.807, 2.05) is 0 Å². The van der Waals surface area contributed by atoms with Crippen LogP contribution in [0.5, 0.6) is 0 Å². The van der Waals surface area contributed by atoms with E-state index in [1.165, 1.54) is 12.2 Å². The molecule has 284 valence electrons. The van der Waals surface area contributed by atoms with Crippen molar-refractivity contribution in [1.29, 1.82) is 0 Å². The van der Waals surface area contributed by atoms with Crippen molar-refractivity contribution in [2.75, 3.05) is 13.2 Å². The number of esters is 4.